The highest BCUT2D eigenvalue weighted by atomic mass is 16.4. The predicted molar refractivity (Wildman–Crippen MR) is 64.2 cm³/mol. The highest BCUT2D eigenvalue weighted by Crippen LogP contribution is 2.15. The second-order valence-electron chi connectivity index (χ2n) is 3.96. The number of carbonyl (C=O) groups is 1. The first-order valence-electron chi connectivity index (χ1n) is 5.75. The molecule has 0 aliphatic carbocycles. The molecule has 2 aromatic rings. The van der Waals surface area contributed by atoms with Crippen LogP contribution in [0.1, 0.15) is 28.8 Å². The molecule has 2 aromatic heterocycles. The lowest BCUT2D eigenvalue weighted by Gasteiger charge is -2.18. The molecule has 0 aliphatic heterocycles. The van der Waals surface area contributed by atoms with Crippen LogP contribution in [0.5, 0.6) is 0 Å². The molecule has 1 N–H and O–H groups in total. The Labute approximate surface area is 105 Å². The van der Waals surface area contributed by atoms with E-state index in [0.717, 1.165) is 12.3 Å². The van der Waals surface area contributed by atoms with Gasteiger partial charge in [-0.1, -0.05) is 6.92 Å². The lowest BCUT2D eigenvalue weighted by atomic mass is 10.2. The minimum atomic E-state index is -1.04. The van der Waals surface area contributed by atoms with Crippen molar-refractivity contribution in [3.63, 3.8) is 0 Å². The first kappa shape index (κ1) is 12.4. The van der Waals surface area contributed by atoms with Crippen molar-refractivity contribution in [1.82, 2.24) is 4.90 Å². The normalized spacial score (nSPS) is 11.0. The molecule has 18 heavy (non-hydrogen) atoms. The molecule has 0 radical (unpaired) electrons. The van der Waals surface area contributed by atoms with E-state index in [-0.39, 0.29) is 5.76 Å². The van der Waals surface area contributed by atoms with Crippen LogP contribution < -0.4 is 0 Å². The van der Waals surface area contributed by atoms with E-state index in [0.29, 0.717) is 18.7 Å². The molecule has 0 saturated heterocycles. The van der Waals surface area contributed by atoms with Gasteiger partial charge in [-0.15, -0.1) is 0 Å². The Balaban J connectivity index is 2.06. The van der Waals surface area contributed by atoms with Crippen LogP contribution in [-0.2, 0) is 13.1 Å². The number of aromatic carboxylic acids is 1. The number of furan rings is 2. The second-order valence-corrected chi connectivity index (χ2v) is 3.96. The minimum absolute atomic E-state index is 0.00731. The Morgan fingerprint density at radius 1 is 1.28 bits per heavy atom. The maximum Gasteiger partial charge on any atom is 0.372 e. The summed E-state index contributed by atoms with van der Waals surface area (Å²) >= 11 is 0. The van der Waals surface area contributed by atoms with E-state index < -0.39 is 5.97 Å². The van der Waals surface area contributed by atoms with E-state index in [1.807, 2.05) is 19.1 Å². The summed E-state index contributed by atoms with van der Waals surface area (Å²) in [6.07, 6.45) is 3.03. The van der Waals surface area contributed by atoms with Gasteiger partial charge in [-0.2, -0.15) is 0 Å². The third-order valence-electron chi connectivity index (χ3n) is 2.74. The Morgan fingerprint density at radius 3 is 2.72 bits per heavy atom. The zero-order valence-corrected chi connectivity index (χ0v) is 10.1. The SMILES string of the molecule is CCN(Cc1ccco1)Cc1ccoc1C(=O)O. The Kier molecular flexibility index (Phi) is 3.84. The maximum absolute atomic E-state index is 10.9. The van der Waals surface area contributed by atoms with Gasteiger partial charge in [0.25, 0.3) is 0 Å². The van der Waals surface area contributed by atoms with E-state index in [1.165, 1.54) is 6.26 Å². The molecule has 0 fully saturated rings. The molecule has 0 aliphatic rings. The Morgan fingerprint density at radius 2 is 2.11 bits per heavy atom. The molecular weight excluding hydrogens is 234 g/mol. The van der Waals surface area contributed by atoms with E-state index in [4.69, 9.17) is 13.9 Å². The fourth-order valence-electron chi connectivity index (χ4n) is 1.79. The Bertz CT molecular complexity index is 501. The van der Waals surface area contributed by atoms with Crippen LogP contribution in [0.4, 0.5) is 0 Å². The average molecular weight is 249 g/mol. The summed E-state index contributed by atoms with van der Waals surface area (Å²) in [6.45, 7) is 3.98. The summed E-state index contributed by atoms with van der Waals surface area (Å²) in [7, 11) is 0. The number of hydrogen-bond acceptors (Lipinski definition) is 4. The van der Waals surface area contributed by atoms with Crippen LogP contribution in [0.15, 0.2) is 39.6 Å². The quantitative estimate of drug-likeness (QED) is 0.852. The first-order valence-corrected chi connectivity index (χ1v) is 5.75. The number of hydrogen-bond donors (Lipinski definition) is 1. The fraction of sp³-hybridized carbons (Fsp3) is 0.308. The van der Waals surface area contributed by atoms with Crippen molar-refractivity contribution in [2.75, 3.05) is 6.54 Å². The molecule has 0 unspecified atom stereocenters. The van der Waals surface area contributed by atoms with E-state index in [1.54, 1.807) is 12.3 Å². The third kappa shape index (κ3) is 2.81. The molecule has 0 aromatic carbocycles. The zero-order chi connectivity index (χ0) is 13.0. The van der Waals surface area contributed by atoms with Crippen LogP contribution in [0, 0.1) is 0 Å². The molecule has 5 nitrogen and oxygen atoms in total. The van der Waals surface area contributed by atoms with Crippen molar-refractivity contribution in [3.05, 3.63) is 47.8 Å². The van der Waals surface area contributed by atoms with E-state index in [9.17, 15) is 4.79 Å². The van der Waals surface area contributed by atoms with Crippen LogP contribution in [0.3, 0.4) is 0 Å². The van der Waals surface area contributed by atoms with Crippen LogP contribution in [0.2, 0.25) is 0 Å². The van der Waals surface area contributed by atoms with Crippen LogP contribution >= 0.6 is 0 Å². The van der Waals surface area contributed by atoms with Gasteiger partial charge in [-0.25, -0.2) is 4.79 Å². The number of rotatable bonds is 6. The molecule has 0 amide bonds. The van der Waals surface area contributed by atoms with Gasteiger partial charge >= 0.3 is 5.97 Å². The highest BCUT2D eigenvalue weighted by molar-refractivity contribution is 5.86. The highest BCUT2D eigenvalue weighted by Gasteiger charge is 2.16. The summed E-state index contributed by atoms with van der Waals surface area (Å²) < 4.78 is 10.2. The largest absolute Gasteiger partial charge is 0.475 e. The summed E-state index contributed by atoms with van der Waals surface area (Å²) in [6, 6.07) is 5.42. The predicted octanol–water partition coefficient (Wildman–Crippen LogP) is 2.59. The van der Waals surface area contributed by atoms with Gasteiger partial charge in [-0.05, 0) is 24.7 Å². The lowest BCUT2D eigenvalue weighted by molar-refractivity contribution is 0.0659. The summed E-state index contributed by atoms with van der Waals surface area (Å²) in [4.78, 5) is 13.0. The molecule has 0 spiro atoms. The van der Waals surface area contributed by atoms with Gasteiger partial charge in [0, 0.05) is 12.1 Å². The van der Waals surface area contributed by atoms with E-state index in [2.05, 4.69) is 4.90 Å². The van der Waals surface area contributed by atoms with Gasteiger partial charge in [-0.3, -0.25) is 4.90 Å². The van der Waals surface area contributed by atoms with Crippen molar-refractivity contribution < 1.29 is 18.7 Å². The van der Waals surface area contributed by atoms with Crippen LogP contribution in [-0.4, -0.2) is 22.5 Å². The van der Waals surface area contributed by atoms with Crippen molar-refractivity contribution >= 4 is 5.97 Å². The number of carboxylic acids is 1. The molecule has 2 heterocycles. The lowest BCUT2D eigenvalue weighted by Crippen LogP contribution is -2.22. The van der Waals surface area contributed by atoms with Gasteiger partial charge < -0.3 is 13.9 Å². The minimum Gasteiger partial charge on any atom is -0.475 e. The monoisotopic (exact) mass is 249 g/mol. The maximum atomic E-state index is 10.9. The molecule has 0 saturated carbocycles. The summed E-state index contributed by atoms with van der Waals surface area (Å²) in [5.74, 6) is -0.172. The number of carboxylic acid groups (broad SMARTS) is 1. The smallest absolute Gasteiger partial charge is 0.372 e. The molecule has 0 bridgehead atoms. The van der Waals surface area contributed by atoms with Crippen molar-refractivity contribution in [2.24, 2.45) is 0 Å². The van der Waals surface area contributed by atoms with Gasteiger partial charge in [0.2, 0.25) is 5.76 Å². The van der Waals surface area contributed by atoms with Gasteiger partial charge in [0.05, 0.1) is 19.1 Å². The van der Waals surface area contributed by atoms with Gasteiger partial charge in [0.15, 0.2) is 0 Å². The topological polar surface area (TPSA) is 66.8 Å². The molecule has 0 atom stereocenters. The standard InChI is InChI=1S/C13H15NO4/c1-2-14(9-11-4-3-6-17-11)8-10-5-7-18-12(10)13(15)16/h3-7H,2,8-9H2,1H3,(H,15,16). The Hall–Kier alpha value is -2.01. The van der Waals surface area contributed by atoms with Crippen molar-refractivity contribution in [1.29, 1.82) is 0 Å². The second kappa shape index (κ2) is 5.55. The first-order chi connectivity index (χ1) is 8.70. The molecule has 2 rings (SSSR count). The molecule has 5 heteroatoms. The summed E-state index contributed by atoms with van der Waals surface area (Å²) in [5.41, 5.74) is 0.677. The average Bonchev–Trinajstić information content (AvgIpc) is 2.98. The van der Waals surface area contributed by atoms with Crippen molar-refractivity contribution in [2.45, 2.75) is 20.0 Å². The summed E-state index contributed by atoms with van der Waals surface area (Å²) in [5, 5.41) is 8.97. The number of nitrogens with zero attached hydrogens (tertiary/aromatic N) is 1. The molecule has 96 valence electrons. The molecular formula is C13H15NO4. The zero-order valence-electron chi connectivity index (χ0n) is 10.1. The third-order valence-corrected chi connectivity index (χ3v) is 2.74. The van der Waals surface area contributed by atoms with Crippen molar-refractivity contribution in [3.8, 4) is 0 Å². The van der Waals surface area contributed by atoms with Crippen LogP contribution in [0.25, 0.3) is 0 Å². The fourth-order valence-corrected chi connectivity index (χ4v) is 1.79. The van der Waals surface area contributed by atoms with E-state index >= 15 is 0 Å². The van der Waals surface area contributed by atoms with Gasteiger partial charge in [0.1, 0.15) is 5.76 Å².